The minimum Gasteiger partial charge on any atom is -0.481 e. The molecule has 0 spiro atoms. The monoisotopic (exact) mass is 289 g/mol. The number of rotatable bonds is 6. The number of carbonyl (C=O) groups is 2. The predicted molar refractivity (Wildman–Crippen MR) is 64.5 cm³/mol. The summed E-state index contributed by atoms with van der Waals surface area (Å²) in [5.41, 5.74) is -0.547. The largest absolute Gasteiger partial charge is 0.481 e. The van der Waals surface area contributed by atoms with Gasteiger partial charge in [0.15, 0.2) is 0 Å². The van der Waals surface area contributed by atoms with Gasteiger partial charge < -0.3 is 10.4 Å². The lowest BCUT2D eigenvalue weighted by atomic mass is 10.1. The van der Waals surface area contributed by atoms with Crippen LogP contribution in [-0.4, -0.2) is 23.0 Å². The van der Waals surface area contributed by atoms with Crippen molar-refractivity contribution in [3.63, 3.8) is 0 Å². The van der Waals surface area contributed by atoms with E-state index in [2.05, 4.69) is 5.32 Å². The summed E-state index contributed by atoms with van der Waals surface area (Å²) in [6.45, 7) is 1.67. The van der Waals surface area contributed by atoms with Crippen LogP contribution in [0.3, 0.4) is 0 Å². The molecule has 0 saturated heterocycles. The highest BCUT2D eigenvalue weighted by Gasteiger charge is 2.18. The molecule has 1 rings (SSSR count). The number of carbonyl (C=O) groups excluding carboxylic acids is 1. The minimum atomic E-state index is -1.15. The fourth-order valence-corrected chi connectivity index (χ4v) is 1.69. The molecule has 0 fully saturated rings. The van der Waals surface area contributed by atoms with Gasteiger partial charge in [0, 0.05) is 23.7 Å². The zero-order chi connectivity index (χ0) is 15.3. The Morgan fingerprint density at radius 2 is 1.80 bits per heavy atom. The van der Waals surface area contributed by atoms with Crippen LogP contribution in [0.25, 0.3) is 0 Å². The quantitative estimate of drug-likeness (QED) is 0.842. The summed E-state index contributed by atoms with van der Waals surface area (Å²) >= 11 is 0. The summed E-state index contributed by atoms with van der Waals surface area (Å²) in [4.78, 5) is 22.2. The number of carboxylic acids is 1. The first-order chi connectivity index (χ1) is 9.33. The van der Waals surface area contributed by atoms with E-state index in [1.807, 2.05) is 0 Å². The molecule has 1 atom stereocenters. The predicted octanol–water partition coefficient (Wildman–Crippen LogP) is 2.02. The Labute approximate surface area is 113 Å². The molecule has 0 aliphatic rings. The van der Waals surface area contributed by atoms with E-state index in [1.165, 1.54) is 0 Å². The maximum absolute atomic E-state index is 13.3. The van der Waals surface area contributed by atoms with E-state index in [0.29, 0.717) is 18.6 Å². The van der Waals surface area contributed by atoms with Crippen LogP contribution in [-0.2, 0) is 16.0 Å². The molecule has 1 unspecified atom stereocenters. The molecule has 1 aromatic rings. The van der Waals surface area contributed by atoms with E-state index in [0.717, 1.165) is 0 Å². The number of aliphatic carboxylic acids is 1. The number of hydrogen-bond acceptors (Lipinski definition) is 2. The lowest BCUT2D eigenvalue weighted by Gasteiger charge is -2.15. The number of halogens is 3. The smallest absolute Gasteiger partial charge is 0.305 e. The summed E-state index contributed by atoms with van der Waals surface area (Å²) in [7, 11) is 0. The lowest BCUT2D eigenvalue weighted by Crippen LogP contribution is -2.37. The molecular weight excluding hydrogens is 275 g/mol. The highest BCUT2D eigenvalue weighted by molar-refractivity contribution is 5.79. The van der Waals surface area contributed by atoms with Crippen molar-refractivity contribution in [2.45, 2.75) is 32.2 Å². The Morgan fingerprint density at radius 3 is 2.25 bits per heavy atom. The van der Waals surface area contributed by atoms with Gasteiger partial charge in [0.2, 0.25) is 5.91 Å². The van der Waals surface area contributed by atoms with Gasteiger partial charge in [-0.1, -0.05) is 6.92 Å². The second-order valence-corrected chi connectivity index (χ2v) is 4.30. The summed E-state index contributed by atoms with van der Waals surface area (Å²) < 4.78 is 39.4. The first-order valence-corrected chi connectivity index (χ1v) is 5.98. The van der Waals surface area contributed by atoms with E-state index in [9.17, 15) is 22.8 Å². The topological polar surface area (TPSA) is 66.4 Å². The SMILES string of the molecule is CCC(CC(=O)O)NC(=O)Cc1c(F)cc(F)cc1F. The normalized spacial score (nSPS) is 12.0. The van der Waals surface area contributed by atoms with Crippen molar-refractivity contribution in [2.75, 3.05) is 0 Å². The number of benzene rings is 1. The second-order valence-electron chi connectivity index (χ2n) is 4.30. The summed E-state index contributed by atoms with van der Waals surface area (Å²) in [6, 6.07) is 0.354. The maximum atomic E-state index is 13.3. The van der Waals surface area contributed by atoms with Crippen LogP contribution in [0.15, 0.2) is 12.1 Å². The maximum Gasteiger partial charge on any atom is 0.305 e. The van der Waals surface area contributed by atoms with E-state index >= 15 is 0 Å². The number of carboxylic acid groups (broad SMARTS) is 1. The fourth-order valence-electron chi connectivity index (χ4n) is 1.69. The van der Waals surface area contributed by atoms with Gasteiger partial charge in [0.05, 0.1) is 12.8 Å². The number of nitrogens with one attached hydrogen (secondary N) is 1. The van der Waals surface area contributed by atoms with Gasteiger partial charge in [-0.2, -0.15) is 0 Å². The van der Waals surface area contributed by atoms with E-state index in [-0.39, 0.29) is 6.42 Å². The molecule has 110 valence electrons. The van der Waals surface area contributed by atoms with Crippen molar-refractivity contribution in [3.8, 4) is 0 Å². The number of hydrogen-bond donors (Lipinski definition) is 2. The van der Waals surface area contributed by atoms with Crippen LogP contribution in [0.1, 0.15) is 25.3 Å². The van der Waals surface area contributed by atoms with Gasteiger partial charge in [-0.05, 0) is 6.42 Å². The average Bonchev–Trinajstić information content (AvgIpc) is 2.32. The zero-order valence-corrected chi connectivity index (χ0v) is 10.8. The molecule has 4 nitrogen and oxygen atoms in total. The Bertz CT molecular complexity index is 497. The van der Waals surface area contributed by atoms with Crippen molar-refractivity contribution in [2.24, 2.45) is 0 Å². The Balaban J connectivity index is 2.73. The second kappa shape index (κ2) is 6.93. The van der Waals surface area contributed by atoms with Gasteiger partial charge in [-0.15, -0.1) is 0 Å². The van der Waals surface area contributed by atoms with E-state index < -0.39 is 47.4 Å². The molecule has 0 aliphatic carbocycles. The highest BCUT2D eigenvalue weighted by atomic mass is 19.1. The van der Waals surface area contributed by atoms with Crippen molar-refractivity contribution >= 4 is 11.9 Å². The van der Waals surface area contributed by atoms with Gasteiger partial charge in [0.1, 0.15) is 17.5 Å². The van der Waals surface area contributed by atoms with Crippen molar-refractivity contribution in [3.05, 3.63) is 35.1 Å². The van der Waals surface area contributed by atoms with Crippen LogP contribution < -0.4 is 5.32 Å². The molecular formula is C13H14F3NO3. The van der Waals surface area contributed by atoms with Gasteiger partial charge in [0.25, 0.3) is 0 Å². The third-order valence-electron chi connectivity index (χ3n) is 2.72. The first-order valence-electron chi connectivity index (χ1n) is 5.98. The van der Waals surface area contributed by atoms with Crippen molar-refractivity contribution in [1.82, 2.24) is 5.32 Å². The lowest BCUT2D eigenvalue weighted by molar-refractivity contribution is -0.137. The zero-order valence-electron chi connectivity index (χ0n) is 10.8. The van der Waals surface area contributed by atoms with Crippen LogP contribution in [0.4, 0.5) is 13.2 Å². The molecule has 0 heterocycles. The standard InChI is InChI=1S/C13H14F3NO3/c1-2-8(5-13(19)20)17-12(18)6-9-10(15)3-7(14)4-11(9)16/h3-4,8H,2,5-6H2,1H3,(H,17,18)(H,19,20). The molecule has 2 N–H and O–H groups in total. The third-order valence-corrected chi connectivity index (χ3v) is 2.72. The molecule has 0 aliphatic heterocycles. The van der Waals surface area contributed by atoms with E-state index in [4.69, 9.17) is 5.11 Å². The van der Waals surface area contributed by atoms with Crippen molar-refractivity contribution in [1.29, 1.82) is 0 Å². The van der Waals surface area contributed by atoms with Crippen LogP contribution in [0.5, 0.6) is 0 Å². The van der Waals surface area contributed by atoms with Crippen LogP contribution in [0.2, 0.25) is 0 Å². The molecule has 20 heavy (non-hydrogen) atoms. The summed E-state index contributed by atoms with van der Waals surface area (Å²) in [5, 5.41) is 11.0. The fraction of sp³-hybridized carbons (Fsp3) is 0.385. The summed E-state index contributed by atoms with van der Waals surface area (Å²) in [6.07, 6.45) is -0.531. The summed E-state index contributed by atoms with van der Waals surface area (Å²) in [5.74, 6) is -5.17. The molecule has 0 saturated carbocycles. The van der Waals surface area contributed by atoms with Crippen LogP contribution in [0, 0.1) is 17.5 Å². The highest BCUT2D eigenvalue weighted by Crippen LogP contribution is 2.15. The van der Waals surface area contributed by atoms with Crippen molar-refractivity contribution < 1.29 is 27.9 Å². The third kappa shape index (κ3) is 4.56. The Morgan fingerprint density at radius 1 is 1.25 bits per heavy atom. The molecule has 1 amide bonds. The van der Waals surface area contributed by atoms with Gasteiger partial charge in [-0.25, -0.2) is 13.2 Å². The van der Waals surface area contributed by atoms with Crippen LogP contribution >= 0.6 is 0 Å². The van der Waals surface area contributed by atoms with Gasteiger partial charge in [-0.3, -0.25) is 9.59 Å². The van der Waals surface area contributed by atoms with E-state index in [1.54, 1.807) is 6.92 Å². The number of amides is 1. The Hall–Kier alpha value is -2.05. The molecule has 0 aromatic heterocycles. The average molecular weight is 289 g/mol. The molecule has 7 heteroatoms. The van der Waals surface area contributed by atoms with Gasteiger partial charge >= 0.3 is 5.97 Å². The Kier molecular flexibility index (Phi) is 5.54. The minimum absolute atomic E-state index is 0.281. The molecule has 0 bridgehead atoms. The first kappa shape index (κ1) is 16.0. The molecule has 0 radical (unpaired) electrons. The molecule has 1 aromatic carbocycles.